The standard InChI is InChI=1S/C27H37NO5S/c1-6-8-9-10-11-13-21(4)16-25(29)32-23-17-22(15-14-20(3)12-7-2)33-27(18-23,31-5)24-19-34-26(30)28-24/h9-10,16,20,22-24H,11,13-15,17-19H2,1-5H3,(H,28,30)/b10-9+,21-16-/t20-,22-,23-,24+,27-/m1/s1. The molecule has 0 bridgehead atoms. The van der Waals surface area contributed by atoms with Crippen LogP contribution in [0.3, 0.4) is 0 Å². The van der Waals surface area contributed by atoms with Crippen LogP contribution in [-0.4, -0.2) is 48.1 Å². The van der Waals surface area contributed by atoms with Gasteiger partial charge in [0.25, 0.3) is 5.24 Å². The van der Waals surface area contributed by atoms with E-state index < -0.39 is 5.79 Å². The van der Waals surface area contributed by atoms with Crippen molar-refractivity contribution < 1.29 is 23.8 Å². The lowest BCUT2D eigenvalue weighted by atomic mass is 9.90. The maximum atomic E-state index is 12.7. The first-order chi connectivity index (χ1) is 16.3. The van der Waals surface area contributed by atoms with Gasteiger partial charge in [-0.25, -0.2) is 4.79 Å². The normalized spacial score (nSPS) is 27.9. The van der Waals surface area contributed by atoms with Gasteiger partial charge in [0, 0.05) is 37.7 Å². The maximum absolute atomic E-state index is 12.7. The lowest BCUT2D eigenvalue weighted by molar-refractivity contribution is -0.296. The van der Waals surface area contributed by atoms with Crippen LogP contribution < -0.4 is 5.32 Å². The number of methoxy groups -OCH3 is 1. The lowest BCUT2D eigenvalue weighted by Crippen LogP contribution is -2.59. The number of carbonyl (C=O) groups is 2. The van der Waals surface area contributed by atoms with Gasteiger partial charge in [-0.3, -0.25) is 4.79 Å². The van der Waals surface area contributed by atoms with Crippen LogP contribution in [0.2, 0.25) is 0 Å². The summed E-state index contributed by atoms with van der Waals surface area (Å²) < 4.78 is 18.2. The minimum Gasteiger partial charge on any atom is -0.459 e. The molecule has 2 heterocycles. The first-order valence-corrected chi connectivity index (χ1v) is 12.8. The number of ether oxygens (including phenoxy) is 3. The Labute approximate surface area is 208 Å². The molecule has 2 aliphatic rings. The molecule has 0 saturated carbocycles. The molecule has 2 aliphatic heterocycles. The van der Waals surface area contributed by atoms with E-state index in [0.29, 0.717) is 18.6 Å². The molecule has 1 N–H and O–H groups in total. The minimum atomic E-state index is -1.03. The fraction of sp³-hybridized carbons (Fsp3) is 0.630. The van der Waals surface area contributed by atoms with Crippen LogP contribution in [-0.2, 0) is 19.0 Å². The average molecular weight is 488 g/mol. The summed E-state index contributed by atoms with van der Waals surface area (Å²) in [6.45, 7) is 7.65. The summed E-state index contributed by atoms with van der Waals surface area (Å²) in [7, 11) is 1.59. The van der Waals surface area contributed by atoms with Crippen molar-refractivity contribution in [1.82, 2.24) is 5.32 Å². The van der Waals surface area contributed by atoms with Crippen LogP contribution in [0.4, 0.5) is 4.79 Å². The Balaban J connectivity index is 2.08. The highest BCUT2D eigenvalue weighted by molar-refractivity contribution is 8.14. The summed E-state index contributed by atoms with van der Waals surface area (Å²) in [4.78, 5) is 24.5. The molecule has 7 heteroatoms. The van der Waals surface area contributed by atoms with Gasteiger partial charge in [0.05, 0.1) is 12.1 Å². The number of rotatable bonds is 10. The van der Waals surface area contributed by atoms with Crippen molar-refractivity contribution in [3.05, 3.63) is 23.8 Å². The second-order valence-electron chi connectivity index (χ2n) is 8.75. The van der Waals surface area contributed by atoms with Gasteiger partial charge in [0.15, 0.2) is 5.79 Å². The highest BCUT2D eigenvalue weighted by atomic mass is 32.2. The third-order valence-corrected chi connectivity index (χ3v) is 6.84. The minimum absolute atomic E-state index is 0.0925. The number of hydrogen-bond donors (Lipinski definition) is 1. The molecule has 2 fully saturated rings. The van der Waals surface area contributed by atoms with E-state index in [-0.39, 0.29) is 35.4 Å². The van der Waals surface area contributed by atoms with Gasteiger partial charge in [-0.1, -0.05) is 36.3 Å². The third-order valence-electron chi connectivity index (χ3n) is 5.96. The predicted octanol–water partition coefficient (Wildman–Crippen LogP) is 4.99. The van der Waals surface area contributed by atoms with E-state index in [9.17, 15) is 9.59 Å². The molecule has 5 atom stereocenters. The summed E-state index contributed by atoms with van der Waals surface area (Å²) in [5.74, 6) is 11.2. The van der Waals surface area contributed by atoms with Gasteiger partial charge in [0.1, 0.15) is 6.10 Å². The molecule has 1 amide bonds. The average Bonchev–Trinajstić information content (AvgIpc) is 3.24. The molecule has 0 aliphatic carbocycles. The Bertz CT molecular complexity index is 890. The molecule has 0 radical (unpaired) electrons. The van der Waals surface area contributed by atoms with Gasteiger partial charge < -0.3 is 19.5 Å². The Kier molecular flexibility index (Phi) is 11.8. The van der Waals surface area contributed by atoms with Crippen LogP contribution in [0.15, 0.2) is 23.8 Å². The number of amides is 1. The van der Waals surface area contributed by atoms with Crippen molar-refractivity contribution in [2.75, 3.05) is 12.9 Å². The van der Waals surface area contributed by atoms with Crippen LogP contribution >= 0.6 is 11.8 Å². The SMILES string of the molecule is CC#C/C=C/CC/C(C)=C\C(=O)O[C@@H]1C[C@@H](CC[C@H](C)C#CC)O[C@@](OC)([C@@H]2CSC(=O)N2)C1. The monoisotopic (exact) mass is 487 g/mol. The van der Waals surface area contributed by atoms with Crippen molar-refractivity contribution >= 4 is 23.0 Å². The van der Waals surface area contributed by atoms with E-state index in [1.54, 1.807) is 20.1 Å². The van der Waals surface area contributed by atoms with Gasteiger partial charge in [-0.2, -0.15) is 0 Å². The van der Waals surface area contributed by atoms with Crippen LogP contribution in [0.5, 0.6) is 0 Å². The van der Waals surface area contributed by atoms with Gasteiger partial charge in [-0.15, -0.1) is 17.8 Å². The van der Waals surface area contributed by atoms with E-state index in [1.807, 2.05) is 26.0 Å². The number of hydrogen-bond acceptors (Lipinski definition) is 6. The second-order valence-corrected chi connectivity index (χ2v) is 9.74. The molecule has 0 aromatic carbocycles. The maximum Gasteiger partial charge on any atom is 0.330 e. The van der Waals surface area contributed by atoms with Crippen molar-refractivity contribution in [3.8, 4) is 23.7 Å². The number of carbonyl (C=O) groups excluding carboxylic acids is 2. The molecular weight excluding hydrogens is 450 g/mol. The Morgan fingerprint density at radius 1 is 1.38 bits per heavy atom. The molecule has 2 rings (SSSR count). The first kappa shape index (κ1) is 28.1. The molecule has 0 unspecified atom stereocenters. The molecule has 186 valence electrons. The molecular formula is C27H37NO5S. The van der Waals surface area contributed by atoms with Crippen molar-refractivity contribution in [3.63, 3.8) is 0 Å². The first-order valence-electron chi connectivity index (χ1n) is 11.9. The summed E-state index contributed by atoms with van der Waals surface area (Å²) in [5.41, 5.74) is 0.951. The molecule has 0 aromatic heterocycles. The molecule has 6 nitrogen and oxygen atoms in total. The zero-order chi connectivity index (χ0) is 25.0. The number of nitrogens with one attached hydrogen (secondary N) is 1. The lowest BCUT2D eigenvalue weighted by Gasteiger charge is -2.46. The zero-order valence-electron chi connectivity index (χ0n) is 20.9. The quantitative estimate of drug-likeness (QED) is 0.266. The molecule has 34 heavy (non-hydrogen) atoms. The van der Waals surface area contributed by atoms with E-state index in [0.717, 1.165) is 31.3 Å². The van der Waals surface area contributed by atoms with Crippen LogP contribution in [0.25, 0.3) is 0 Å². The number of thioether (sulfide) groups is 1. The second kappa shape index (κ2) is 14.3. The smallest absolute Gasteiger partial charge is 0.330 e. The Morgan fingerprint density at radius 2 is 2.18 bits per heavy atom. The summed E-state index contributed by atoms with van der Waals surface area (Å²) in [6, 6.07) is -0.304. The largest absolute Gasteiger partial charge is 0.459 e. The third kappa shape index (κ3) is 8.87. The van der Waals surface area contributed by atoms with Gasteiger partial charge >= 0.3 is 5.97 Å². The van der Waals surface area contributed by atoms with Crippen molar-refractivity contribution in [2.24, 2.45) is 5.92 Å². The van der Waals surface area contributed by atoms with E-state index in [2.05, 4.69) is 35.9 Å². The Hall–Kier alpha value is -2.19. The van der Waals surface area contributed by atoms with E-state index >= 15 is 0 Å². The molecule has 0 spiro atoms. The van der Waals surface area contributed by atoms with Gasteiger partial charge in [-0.05, 0) is 52.5 Å². The molecule has 2 saturated heterocycles. The fourth-order valence-corrected chi connectivity index (χ4v) is 5.10. The topological polar surface area (TPSA) is 73.9 Å². The molecule has 0 aromatic rings. The van der Waals surface area contributed by atoms with Crippen molar-refractivity contribution in [1.29, 1.82) is 0 Å². The highest BCUT2D eigenvalue weighted by Gasteiger charge is 2.51. The summed E-state index contributed by atoms with van der Waals surface area (Å²) in [6.07, 6.45) is 9.01. The summed E-state index contributed by atoms with van der Waals surface area (Å²) in [5, 5.41) is 2.86. The summed E-state index contributed by atoms with van der Waals surface area (Å²) >= 11 is 1.22. The highest BCUT2D eigenvalue weighted by Crippen LogP contribution is 2.39. The van der Waals surface area contributed by atoms with Gasteiger partial charge in [0.2, 0.25) is 0 Å². The van der Waals surface area contributed by atoms with Crippen LogP contribution in [0, 0.1) is 29.6 Å². The number of esters is 1. The predicted molar refractivity (Wildman–Crippen MR) is 136 cm³/mol. The van der Waals surface area contributed by atoms with E-state index in [4.69, 9.17) is 14.2 Å². The van der Waals surface area contributed by atoms with Crippen LogP contribution in [0.1, 0.15) is 66.2 Å². The Morgan fingerprint density at radius 3 is 2.82 bits per heavy atom. The van der Waals surface area contributed by atoms with Crippen molar-refractivity contribution in [2.45, 2.75) is 90.3 Å². The van der Waals surface area contributed by atoms with E-state index in [1.165, 1.54) is 11.8 Å². The zero-order valence-corrected chi connectivity index (χ0v) is 21.8. The number of allylic oxidation sites excluding steroid dienone is 3. The fourth-order valence-electron chi connectivity index (χ4n) is 4.22.